The SMILES string of the molecule is Cc1cc(C(C)(C)CN)nn1-c1cccc(Br)c1. The minimum Gasteiger partial charge on any atom is -0.330 e. The zero-order valence-corrected chi connectivity index (χ0v) is 12.5. The molecular formula is C14H18BrN3. The molecule has 0 fully saturated rings. The summed E-state index contributed by atoms with van der Waals surface area (Å²) < 4.78 is 3.01. The number of rotatable bonds is 3. The van der Waals surface area contributed by atoms with Crippen molar-refractivity contribution in [2.45, 2.75) is 26.2 Å². The van der Waals surface area contributed by atoms with E-state index in [2.05, 4.69) is 53.9 Å². The molecule has 0 aliphatic heterocycles. The van der Waals surface area contributed by atoms with Gasteiger partial charge in [0.2, 0.25) is 0 Å². The molecule has 1 aromatic carbocycles. The number of hydrogen-bond donors (Lipinski definition) is 1. The van der Waals surface area contributed by atoms with Crippen LogP contribution in [-0.2, 0) is 5.41 Å². The van der Waals surface area contributed by atoms with E-state index in [0.29, 0.717) is 6.54 Å². The Kier molecular flexibility index (Phi) is 3.59. The van der Waals surface area contributed by atoms with Crippen molar-refractivity contribution in [3.05, 3.63) is 46.2 Å². The molecule has 0 radical (unpaired) electrons. The zero-order chi connectivity index (χ0) is 13.3. The van der Waals surface area contributed by atoms with Crippen molar-refractivity contribution >= 4 is 15.9 Å². The largest absolute Gasteiger partial charge is 0.330 e. The molecule has 0 aliphatic rings. The monoisotopic (exact) mass is 307 g/mol. The van der Waals surface area contributed by atoms with Crippen molar-refractivity contribution in [3.63, 3.8) is 0 Å². The molecule has 1 heterocycles. The summed E-state index contributed by atoms with van der Waals surface area (Å²) in [4.78, 5) is 0. The third-order valence-corrected chi connectivity index (χ3v) is 3.64. The van der Waals surface area contributed by atoms with E-state index in [4.69, 9.17) is 5.73 Å². The third kappa shape index (κ3) is 2.49. The van der Waals surface area contributed by atoms with Gasteiger partial charge in [0.15, 0.2) is 0 Å². The van der Waals surface area contributed by atoms with Crippen LogP contribution in [0.1, 0.15) is 25.2 Å². The van der Waals surface area contributed by atoms with E-state index in [1.165, 1.54) is 0 Å². The van der Waals surface area contributed by atoms with Gasteiger partial charge < -0.3 is 5.73 Å². The molecule has 96 valence electrons. The summed E-state index contributed by atoms with van der Waals surface area (Å²) in [6.07, 6.45) is 0. The van der Waals surface area contributed by atoms with Crippen molar-refractivity contribution in [2.75, 3.05) is 6.54 Å². The van der Waals surface area contributed by atoms with Crippen LogP contribution in [0.25, 0.3) is 5.69 Å². The maximum atomic E-state index is 5.80. The van der Waals surface area contributed by atoms with Crippen molar-refractivity contribution < 1.29 is 0 Å². The third-order valence-electron chi connectivity index (χ3n) is 3.14. The summed E-state index contributed by atoms with van der Waals surface area (Å²) in [6, 6.07) is 10.2. The van der Waals surface area contributed by atoms with Gasteiger partial charge in [0, 0.05) is 22.1 Å². The lowest BCUT2D eigenvalue weighted by molar-refractivity contribution is 0.515. The van der Waals surface area contributed by atoms with E-state index in [9.17, 15) is 0 Å². The molecule has 0 amide bonds. The van der Waals surface area contributed by atoms with E-state index < -0.39 is 0 Å². The summed E-state index contributed by atoms with van der Waals surface area (Å²) in [5.74, 6) is 0. The number of halogens is 1. The minimum absolute atomic E-state index is 0.0952. The molecular weight excluding hydrogens is 290 g/mol. The first kappa shape index (κ1) is 13.3. The molecule has 2 aromatic rings. The molecule has 4 heteroatoms. The highest BCUT2D eigenvalue weighted by Crippen LogP contribution is 2.24. The smallest absolute Gasteiger partial charge is 0.0700 e. The molecule has 0 saturated heterocycles. The highest BCUT2D eigenvalue weighted by Gasteiger charge is 2.23. The van der Waals surface area contributed by atoms with Crippen LogP contribution in [0.4, 0.5) is 0 Å². The number of hydrogen-bond acceptors (Lipinski definition) is 2. The summed E-state index contributed by atoms with van der Waals surface area (Å²) >= 11 is 3.48. The van der Waals surface area contributed by atoms with E-state index in [1.807, 2.05) is 22.9 Å². The normalized spacial score (nSPS) is 11.8. The Balaban J connectivity index is 2.48. The lowest BCUT2D eigenvalue weighted by atomic mass is 9.90. The Morgan fingerprint density at radius 1 is 1.33 bits per heavy atom. The van der Waals surface area contributed by atoms with Gasteiger partial charge in [0.25, 0.3) is 0 Å². The number of nitrogens with two attached hydrogens (primary N) is 1. The van der Waals surface area contributed by atoms with Gasteiger partial charge in [-0.3, -0.25) is 0 Å². The standard InChI is InChI=1S/C14H18BrN3/c1-10-7-13(14(2,3)9-16)17-18(10)12-6-4-5-11(15)8-12/h4-8H,9,16H2,1-3H3. The van der Waals surface area contributed by atoms with Gasteiger partial charge in [-0.1, -0.05) is 35.8 Å². The van der Waals surface area contributed by atoms with Crippen molar-refractivity contribution in [3.8, 4) is 5.69 Å². The van der Waals surface area contributed by atoms with Gasteiger partial charge in [-0.15, -0.1) is 0 Å². The summed E-state index contributed by atoms with van der Waals surface area (Å²) in [5, 5.41) is 4.68. The number of aromatic nitrogens is 2. The zero-order valence-electron chi connectivity index (χ0n) is 10.9. The predicted molar refractivity (Wildman–Crippen MR) is 78.1 cm³/mol. The molecule has 3 nitrogen and oxygen atoms in total. The summed E-state index contributed by atoms with van der Waals surface area (Å²) in [6.45, 7) is 6.87. The van der Waals surface area contributed by atoms with Gasteiger partial charge in [-0.25, -0.2) is 4.68 Å². The second-order valence-corrected chi connectivity index (χ2v) is 6.07. The summed E-state index contributed by atoms with van der Waals surface area (Å²) in [5.41, 5.74) is 8.91. The molecule has 0 saturated carbocycles. The van der Waals surface area contributed by atoms with Gasteiger partial charge in [0.1, 0.15) is 0 Å². The number of aryl methyl sites for hydroxylation is 1. The van der Waals surface area contributed by atoms with Crippen LogP contribution < -0.4 is 5.73 Å². The van der Waals surface area contributed by atoms with E-state index in [1.54, 1.807) is 0 Å². The number of nitrogens with zero attached hydrogens (tertiary/aromatic N) is 2. The quantitative estimate of drug-likeness (QED) is 0.946. The Hall–Kier alpha value is -1.13. The van der Waals surface area contributed by atoms with Crippen molar-refractivity contribution in [1.29, 1.82) is 0 Å². The van der Waals surface area contributed by atoms with Gasteiger partial charge in [0.05, 0.1) is 11.4 Å². The highest BCUT2D eigenvalue weighted by atomic mass is 79.9. The number of benzene rings is 1. The van der Waals surface area contributed by atoms with E-state index in [0.717, 1.165) is 21.5 Å². The van der Waals surface area contributed by atoms with Crippen LogP contribution in [0.15, 0.2) is 34.8 Å². The molecule has 0 atom stereocenters. The first-order valence-electron chi connectivity index (χ1n) is 5.97. The second-order valence-electron chi connectivity index (χ2n) is 5.15. The lowest BCUT2D eigenvalue weighted by Gasteiger charge is -2.19. The lowest BCUT2D eigenvalue weighted by Crippen LogP contribution is -2.28. The average Bonchev–Trinajstić information content (AvgIpc) is 2.72. The fourth-order valence-corrected chi connectivity index (χ4v) is 2.17. The molecule has 1 aromatic heterocycles. The topological polar surface area (TPSA) is 43.8 Å². The molecule has 18 heavy (non-hydrogen) atoms. The van der Waals surface area contributed by atoms with Gasteiger partial charge >= 0.3 is 0 Å². The Morgan fingerprint density at radius 3 is 2.67 bits per heavy atom. The van der Waals surface area contributed by atoms with Crippen LogP contribution in [0, 0.1) is 6.92 Å². The molecule has 0 unspecified atom stereocenters. The van der Waals surface area contributed by atoms with E-state index in [-0.39, 0.29) is 5.41 Å². The first-order valence-corrected chi connectivity index (χ1v) is 6.76. The van der Waals surface area contributed by atoms with Crippen LogP contribution in [-0.4, -0.2) is 16.3 Å². The Bertz CT molecular complexity index is 558. The fraction of sp³-hybridized carbons (Fsp3) is 0.357. The average molecular weight is 308 g/mol. The highest BCUT2D eigenvalue weighted by molar-refractivity contribution is 9.10. The van der Waals surface area contributed by atoms with Crippen molar-refractivity contribution in [2.24, 2.45) is 5.73 Å². The minimum atomic E-state index is -0.0952. The predicted octanol–water partition coefficient (Wildman–Crippen LogP) is 3.18. The first-order chi connectivity index (χ1) is 8.44. The van der Waals surface area contributed by atoms with Crippen LogP contribution in [0.5, 0.6) is 0 Å². The molecule has 0 bridgehead atoms. The molecule has 0 aliphatic carbocycles. The van der Waals surface area contributed by atoms with Gasteiger partial charge in [-0.05, 0) is 31.2 Å². The van der Waals surface area contributed by atoms with Crippen LogP contribution in [0.2, 0.25) is 0 Å². The van der Waals surface area contributed by atoms with Gasteiger partial charge in [-0.2, -0.15) is 5.10 Å². The second kappa shape index (κ2) is 4.86. The molecule has 2 rings (SSSR count). The van der Waals surface area contributed by atoms with Crippen LogP contribution >= 0.6 is 15.9 Å². The fourth-order valence-electron chi connectivity index (χ4n) is 1.78. The van der Waals surface area contributed by atoms with Crippen molar-refractivity contribution in [1.82, 2.24) is 9.78 Å². The molecule has 2 N–H and O–H groups in total. The molecule has 0 spiro atoms. The Labute approximate surface area is 116 Å². The van der Waals surface area contributed by atoms with E-state index >= 15 is 0 Å². The summed E-state index contributed by atoms with van der Waals surface area (Å²) in [7, 11) is 0. The maximum absolute atomic E-state index is 5.80. The maximum Gasteiger partial charge on any atom is 0.0700 e. The van der Waals surface area contributed by atoms with Crippen LogP contribution in [0.3, 0.4) is 0 Å². The Morgan fingerprint density at radius 2 is 2.06 bits per heavy atom.